The largest absolute Gasteiger partial charge is 0.490 e. The standard InChI is InChI=1S/C15H19F3N2O3S/c1-20(14(22)12-8-24-9-19-12)6-10(21)7-23-13-5-3-2-4-11(13)15(16,17)18/h2-5,10,12,19,21H,6-9H2,1H3/t10-,12-/m0/s1. The molecule has 1 aliphatic heterocycles. The molecule has 24 heavy (non-hydrogen) atoms. The van der Waals surface area contributed by atoms with Crippen LogP contribution >= 0.6 is 11.8 Å². The number of nitrogens with one attached hydrogen (secondary N) is 1. The molecule has 9 heteroatoms. The Hall–Kier alpha value is -1.45. The van der Waals surface area contributed by atoms with Crippen LogP contribution in [0.1, 0.15) is 5.56 Å². The van der Waals surface area contributed by atoms with E-state index in [0.29, 0.717) is 11.6 Å². The predicted octanol–water partition coefficient (Wildman–Crippen LogP) is 1.57. The summed E-state index contributed by atoms with van der Waals surface area (Å²) in [4.78, 5) is 13.4. The highest BCUT2D eigenvalue weighted by Crippen LogP contribution is 2.35. The molecule has 5 nitrogen and oxygen atoms in total. The second-order valence-electron chi connectivity index (χ2n) is 5.45. The van der Waals surface area contributed by atoms with Gasteiger partial charge >= 0.3 is 6.18 Å². The number of halogens is 3. The number of benzene rings is 1. The SMILES string of the molecule is CN(C[C@H](O)COc1ccccc1C(F)(F)F)C(=O)[C@@H]1CSCN1. The Morgan fingerprint density at radius 1 is 1.50 bits per heavy atom. The normalized spacial score (nSPS) is 19.1. The van der Waals surface area contributed by atoms with Crippen LogP contribution in [0.25, 0.3) is 0 Å². The number of hydrogen-bond donors (Lipinski definition) is 2. The number of rotatable bonds is 6. The molecular formula is C15H19F3N2O3S. The molecule has 1 fully saturated rings. The fourth-order valence-electron chi connectivity index (χ4n) is 2.29. The Bertz CT molecular complexity index is 565. The lowest BCUT2D eigenvalue weighted by molar-refractivity contribution is -0.139. The fraction of sp³-hybridized carbons (Fsp3) is 0.533. The maximum atomic E-state index is 12.9. The molecule has 1 saturated heterocycles. The summed E-state index contributed by atoms with van der Waals surface area (Å²) >= 11 is 1.61. The zero-order valence-corrected chi connectivity index (χ0v) is 13.9. The van der Waals surface area contributed by atoms with E-state index < -0.39 is 17.8 Å². The number of alkyl halides is 3. The Labute approximate surface area is 142 Å². The maximum absolute atomic E-state index is 12.9. The quantitative estimate of drug-likeness (QED) is 0.802. The highest BCUT2D eigenvalue weighted by molar-refractivity contribution is 7.99. The first-order valence-electron chi connectivity index (χ1n) is 7.32. The Morgan fingerprint density at radius 3 is 2.83 bits per heavy atom. The molecule has 0 aliphatic carbocycles. The third-order valence-electron chi connectivity index (χ3n) is 3.50. The molecule has 1 aromatic rings. The van der Waals surface area contributed by atoms with E-state index in [2.05, 4.69) is 5.32 Å². The van der Waals surface area contributed by atoms with E-state index in [0.717, 1.165) is 6.07 Å². The number of para-hydroxylation sites is 1. The molecule has 134 valence electrons. The molecule has 1 amide bonds. The van der Waals surface area contributed by atoms with Gasteiger partial charge in [0.05, 0.1) is 11.6 Å². The minimum absolute atomic E-state index is 0.0180. The number of ether oxygens (including phenoxy) is 1. The molecule has 0 bridgehead atoms. The number of amides is 1. The highest BCUT2D eigenvalue weighted by atomic mass is 32.2. The summed E-state index contributed by atoms with van der Waals surface area (Å²) in [5, 5.41) is 13.0. The zero-order valence-electron chi connectivity index (χ0n) is 13.0. The number of carbonyl (C=O) groups excluding carboxylic acids is 1. The van der Waals surface area contributed by atoms with Gasteiger partial charge in [0.25, 0.3) is 0 Å². The van der Waals surface area contributed by atoms with Gasteiger partial charge in [-0.05, 0) is 12.1 Å². The van der Waals surface area contributed by atoms with Gasteiger partial charge in [-0.25, -0.2) is 0 Å². The molecule has 0 spiro atoms. The van der Waals surface area contributed by atoms with E-state index >= 15 is 0 Å². The summed E-state index contributed by atoms with van der Waals surface area (Å²) in [5.74, 6) is 0.861. The zero-order chi connectivity index (χ0) is 17.7. The Balaban J connectivity index is 1.87. The summed E-state index contributed by atoms with van der Waals surface area (Å²) in [6.45, 7) is -0.354. The van der Waals surface area contributed by atoms with Crippen molar-refractivity contribution < 1.29 is 27.8 Å². The van der Waals surface area contributed by atoms with E-state index in [1.165, 1.54) is 23.1 Å². The first kappa shape index (κ1) is 18.9. The van der Waals surface area contributed by atoms with Gasteiger partial charge in [0.15, 0.2) is 0 Å². The molecule has 0 radical (unpaired) electrons. The van der Waals surface area contributed by atoms with Gasteiger partial charge < -0.3 is 14.7 Å². The molecular weight excluding hydrogens is 345 g/mol. The number of aliphatic hydroxyl groups excluding tert-OH is 1. The number of nitrogens with zero attached hydrogens (tertiary/aromatic N) is 1. The molecule has 2 atom stereocenters. The van der Waals surface area contributed by atoms with Crippen LogP contribution in [0.2, 0.25) is 0 Å². The van der Waals surface area contributed by atoms with Gasteiger partial charge in [0, 0.05) is 25.2 Å². The van der Waals surface area contributed by atoms with E-state index in [-0.39, 0.29) is 30.9 Å². The fourth-order valence-corrected chi connectivity index (χ4v) is 3.22. The molecule has 0 unspecified atom stereocenters. The lowest BCUT2D eigenvalue weighted by atomic mass is 10.2. The number of hydrogen-bond acceptors (Lipinski definition) is 5. The van der Waals surface area contributed by atoms with Crippen LogP contribution in [0, 0.1) is 0 Å². The molecule has 1 aliphatic rings. The summed E-state index contributed by atoms with van der Waals surface area (Å²) in [6, 6.07) is 4.52. The van der Waals surface area contributed by atoms with Crippen LogP contribution in [-0.4, -0.2) is 59.9 Å². The molecule has 0 aromatic heterocycles. The molecule has 2 N–H and O–H groups in total. The van der Waals surface area contributed by atoms with Crippen molar-refractivity contribution in [3.63, 3.8) is 0 Å². The first-order chi connectivity index (χ1) is 11.3. The minimum Gasteiger partial charge on any atom is -0.490 e. The number of likely N-dealkylation sites (N-methyl/N-ethyl adjacent to an activating group) is 1. The molecule has 0 saturated carbocycles. The lowest BCUT2D eigenvalue weighted by Crippen LogP contribution is -2.46. The van der Waals surface area contributed by atoms with Gasteiger partial charge in [0.1, 0.15) is 18.5 Å². The molecule has 1 heterocycles. The van der Waals surface area contributed by atoms with Crippen molar-refractivity contribution in [2.45, 2.75) is 18.3 Å². The van der Waals surface area contributed by atoms with Crippen molar-refractivity contribution in [3.8, 4) is 5.75 Å². The van der Waals surface area contributed by atoms with Crippen molar-refractivity contribution in [3.05, 3.63) is 29.8 Å². The van der Waals surface area contributed by atoms with E-state index in [1.807, 2.05) is 0 Å². The van der Waals surface area contributed by atoms with Crippen molar-refractivity contribution in [1.29, 1.82) is 0 Å². The van der Waals surface area contributed by atoms with Crippen LogP contribution in [0.4, 0.5) is 13.2 Å². The van der Waals surface area contributed by atoms with Crippen molar-refractivity contribution in [2.24, 2.45) is 0 Å². The van der Waals surface area contributed by atoms with E-state index in [9.17, 15) is 23.1 Å². The lowest BCUT2D eigenvalue weighted by Gasteiger charge is -2.24. The third kappa shape index (κ3) is 5.02. The smallest absolute Gasteiger partial charge is 0.419 e. The van der Waals surface area contributed by atoms with Gasteiger partial charge in [-0.15, -0.1) is 11.8 Å². The van der Waals surface area contributed by atoms with Crippen molar-refractivity contribution in [2.75, 3.05) is 31.8 Å². The van der Waals surface area contributed by atoms with Gasteiger partial charge in [0.2, 0.25) is 5.91 Å². The summed E-state index contributed by atoms with van der Waals surface area (Å²) in [7, 11) is 1.54. The highest BCUT2D eigenvalue weighted by Gasteiger charge is 2.34. The van der Waals surface area contributed by atoms with Crippen LogP contribution < -0.4 is 10.1 Å². The molecule has 2 rings (SSSR count). The van der Waals surface area contributed by atoms with Crippen LogP contribution in [0.5, 0.6) is 5.75 Å². The van der Waals surface area contributed by atoms with Gasteiger partial charge in [-0.2, -0.15) is 13.2 Å². The number of aliphatic hydroxyl groups is 1. The predicted molar refractivity (Wildman–Crippen MR) is 84.8 cm³/mol. The van der Waals surface area contributed by atoms with E-state index in [1.54, 1.807) is 18.8 Å². The Morgan fingerprint density at radius 2 is 2.21 bits per heavy atom. The average molecular weight is 364 g/mol. The van der Waals surface area contributed by atoms with Gasteiger partial charge in [-0.3, -0.25) is 10.1 Å². The molecule has 1 aromatic carbocycles. The number of thioether (sulfide) groups is 1. The van der Waals surface area contributed by atoms with Crippen LogP contribution in [0.15, 0.2) is 24.3 Å². The third-order valence-corrected chi connectivity index (χ3v) is 4.44. The second-order valence-corrected chi connectivity index (χ2v) is 6.48. The number of carbonyl (C=O) groups is 1. The summed E-state index contributed by atoms with van der Waals surface area (Å²) in [6.07, 6.45) is -5.62. The topological polar surface area (TPSA) is 61.8 Å². The second kappa shape index (κ2) is 8.09. The van der Waals surface area contributed by atoms with E-state index in [4.69, 9.17) is 4.74 Å². The van der Waals surface area contributed by atoms with Crippen LogP contribution in [0.3, 0.4) is 0 Å². The van der Waals surface area contributed by atoms with Crippen molar-refractivity contribution in [1.82, 2.24) is 10.2 Å². The van der Waals surface area contributed by atoms with Crippen molar-refractivity contribution >= 4 is 17.7 Å². The Kier molecular flexibility index (Phi) is 6.36. The summed E-state index contributed by atoms with van der Waals surface area (Å²) < 4.78 is 43.7. The summed E-state index contributed by atoms with van der Waals surface area (Å²) in [5.41, 5.74) is -0.895. The minimum atomic E-state index is -4.53. The average Bonchev–Trinajstić information content (AvgIpc) is 3.06. The van der Waals surface area contributed by atoms with Gasteiger partial charge in [-0.1, -0.05) is 12.1 Å². The van der Waals surface area contributed by atoms with Crippen LogP contribution in [-0.2, 0) is 11.0 Å². The first-order valence-corrected chi connectivity index (χ1v) is 8.47. The monoisotopic (exact) mass is 364 g/mol. The maximum Gasteiger partial charge on any atom is 0.419 e.